The van der Waals surface area contributed by atoms with Crippen LogP contribution in [0.2, 0.25) is 0 Å². The lowest BCUT2D eigenvalue weighted by Crippen LogP contribution is -2.47. The van der Waals surface area contributed by atoms with Gasteiger partial charge in [0, 0.05) is 13.2 Å². The van der Waals surface area contributed by atoms with E-state index in [-0.39, 0.29) is 0 Å². The normalized spacial score (nSPS) is 34.1. The van der Waals surface area contributed by atoms with Crippen molar-refractivity contribution in [3.8, 4) is 0 Å². The van der Waals surface area contributed by atoms with Crippen LogP contribution in [0.1, 0.15) is 6.42 Å². The predicted octanol–water partition coefficient (Wildman–Crippen LogP) is -0.301. The first-order valence-electron chi connectivity index (χ1n) is 4.33. The van der Waals surface area contributed by atoms with Gasteiger partial charge in [-0.25, -0.2) is 0 Å². The standard InChI is InChI=1S/C8H15NO2/c10-4-7-1-2-9(3-7)8-5-11-6-8/h7-8,10H,1-6H2/t7-/m1/s1. The lowest BCUT2D eigenvalue weighted by Gasteiger charge is -2.34. The van der Waals surface area contributed by atoms with E-state index in [9.17, 15) is 0 Å². The second-order valence-electron chi connectivity index (χ2n) is 3.52. The van der Waals surface area contributed by atoms with E-state index in [1.165, 1.54) is 0 Å². The van der Waals surface area contributed by atoms with Gasteiger partial charge in [-0.05, 0) is 18.9 Å². The largest absolute Gasteiger partial charge is 0.396 e. The van der Waals surface area contributed by atoms with Crippen molar-refractivity contribution in [3.63, 3.8) is 0 Å². The lowest BCUT2D eigenvalue weighted by atomic mass is 10.1. The highest BCUT2D eigenvalue weighted by molar-refractivity contribution is 4.84. The molecule has 2 fully saturated rings. The molecule has 0 aromatic heterocycles. The molecule has 1 N–H and O–H groups in total. The summed E-state index contributed by atoms with van der Waals surface area (Å²) in [7, 11) is 0. The van der Waals surface area contributed by atoms with Crippen molar-refractivity contribution in [1.29, 1.82) is 0 Å². The quantitative estimate of drug-likeness (QED) is 0.597. The Morgan fingerprint density at radius 3 is 2.73 bits per heavy atom. The molecule has 3 heteroatoms. The molecule has 11 heavy (non-hydrogen) atoms. The van der Waals surface area contributed by atoms with Crippen LogP contribution in [0, 0.1) is 5.92 Å². The van der Waals surface area contributed by atoms with Crippen LogP contribution in [0.3, 0.4) is 0 Å². The van der Waals surface area contributed by atoms with Gasteiger partial charge in [-0.15, -0.1) is 0 Å². The van der Waals surface area contributed by atoms with Crippen molar-refractivity contribution in [2.24, 2.45) is 5.92 Å². The van der Waals surface area contributed by atoms with Gasteiger partial charge in [-0.1, -0.05) is 0 Å². The number of hydrogen-bond acceptors (Lipinski definition) is 3. The molecule has 0 aromatic rings. The van der Waals surface area contributed by atoms with E-state index in [1.807, 2.05) is 0 Å². The van der Waals surface area contributed by atoms with Gasteiger partial charge in [0.05, 0.1) is 19.3 Å². The van der Waals surface area contributed by atoms with Gasteiger partial charge in [0.25, 0.3) is 0 Å². The average molecular weight is 157 g/mol. The number of hydrogen-bond donors (Lipinski definition) is 1. The van der Waals surface area contributed by atoms with Gasteiger partial charge in [0.15, 0.2) is 0 Å². The van der Waals surface area contributed by atoms with Crippen LogP contribution in [0.5, 0.6) is 0 Å². The van der Waals surface area contributed by atoms with Gasteiger partial charge in [0.2, 0.25) is 0 Å². The maximum Gasteiger partial charge on any atom is 0.0645 e. The summed E-state index contributed by atoms with van der Waals surface area (Å²) in [5.41, 5.74) is 0. The molecule has 0 bridgehead atoms. The first-order valence-corrected chi connectivity index (χ1v) is 4.33. The number of ether oxygens (including phenoxy) is 1. The highest BCUT2D eigenvalue weighted by atomic mass is 16.5. The molecule has 0 aliphatic carbocycles. The number of aliphatic hydroxyl groups excluding tert-OH is 1. The Labute approximate surface area is 66.9 Å². The molecule has 64 valence electrons. The SMILES string of the molecule is OC[C@@H]1CCN(C2COC2)C1. The van der Waals surface area contributed by atoms with Gasteiger partial charge in [-0.2, -0.15) is 0 Å². The van der Waals surface area contributed by atoms with E-state index < -0.39 is 0 Å². The molecular weight excluding hydrogens is 142 g/mol. The summed E-state index contributed by atoms with van der Waals surface area (Å²) in [5, 5.41) is 8.90. The third-order valence-corrected chi connectivity index (χ3v) is 2.71. The third-order valence-electron chi connectivity index (χ3n) is 2.71. The van der Waals surface area contributed by atoms with Gasteiger partial charge in [0.1, 0.15) is 0 Å². The van der Waals surface area contributed by atoms with Crippen LogP contribution in [0.25, 0.3) is 0 Å². The summed E-state index contributed by atoms with van der Waals surface area (Å²) in [5.74, 6) is 0.524. The van der Waals surface area contributed by atoms with Crippen molar-refractivity contribution in [1.82, 2.24) is 4.90 Å². The van der Waals surface area contributed by atoms with E-state index in [2.05, 4.69) is 4.90 Å². The van der Waals surface area contributed by atoms with E-state index in [4.69, 9.17) is 9.84 Å². The van der Waals surface area contributed by atoms with Gasteiger partial charge in [-0.3, -0.25) is 4.90 Å². The molecule has 0 aromatic carbocycles. The smallest absolute Gasteiger partial charge is 0.0645 e. The van der Waals surface area contributed by atoms with E-state index in [1.54, 1.807) is 0 Å². The predicted molar refractivity (Wildman–Crippen MR) is 41.4 cm³/mol. The number of nitrogens with zero attached hydrogens (tertiary/aromatic N) is 1. The highest BCUT2D eigenvalue weighted by Crippen LogP contribution is 2.21. The minimum Gasteiger partial charge on any atom is -0.396 e. The van der Waals surface area contributed by atoms with E-state index >= 15 is 0 Å². The molecule has 2 rings (SSSR count). The van der Waals surface area contributed by atoms with Gasteiger partial charge < -0.3 is 9.84 Å². The summed E-state index contributed by atoms with van der Waals surface area (Å²) in [6, 6.07) is 0.659. The van der Waals surface area contributed by atoms with Crippen LogP contribution in [-0.2, 0) is 4.74 Å². The summed E-state index contributed by atoms with van der Waals surface area (Å²) < 4.78 is 5.11. The molecule has 1 atom stereocenters. The Kier molecular flexibility index (Phi) is 2.11. The molecule has 2 aliphatic rings. The van der Waals surface area contributed by atoms with Gasteiger partial charge >= 0.3 is 0 Å². The number of likely N-dealkylation sites (tertiary alicyclic amines) is 1. The fraction of sp³-hybridized carbons (Fsp3) is 1.00. The topological polar surface area (TPSA) is 32.7 Å². The number of aliphatic hydroxyl groups is 1. The summed E-state index contributed by atoms with van der Waals surface area (Å²) in [6.07, 6.45) is 1.16. The molecule has 0 unspecified atom stereocenters. The molecule has 0 amide bonds. The van der Waals surface area contributed by atoms with Crippen LogP contribution in [0.4, 0.5) is 0 Å². The van der Waals surface area contributed by atoms with Crippen LogP contribution in [0.15, 0.2) is 0 Å². The van der Waals surface area contributed by atoms with Crippen molar-refractivity contribution in [3.05, 3.63) is 0 Å². The van der Waals surface area contributed by atoms with Crippen LogP contribution >= 0.6 is 0 Å². The zero-order valence-electron chi connectivity index (χ0n) is 6.70. The minimum atomic E-state index is 0.351. The molecular formula is C8H15NO2. The highest BCUT2D eigenvalue weighted by Gasteiger charge is 2.31. The maximum absolute atomic E-state index is 8.90. The Morgan fingerprint density at radius 1 is 1.45 bits per heavy atom. The Hall–Kier alpha value is -0.120. The molecule has 3 nitrogen and oxygen atoms in total. The first-order chi connectivity index (χ1) is 5.40. The molecule has 0 radical (unpaired) electrons. The lowest BCUT2D eigenvalue weighted by molar-refractivity contribution is -0.0585. The number of rotatable bonds is 2. The summed E-state index contributed by atoms with van der Waals surface area (Å²) in [4.78, 5) is 2.43. The van der Waals surface area contributed by atoms with Crippen molar-refractivity contribution < 1.29 is 9.84 Å². The summed E-state index contributed by atoms with van der Waals surface area (Å²) >= 11 is 0. The Bertz CT molecular complexity index is 136. The maximum atomic E-state index is 8.90. The van der Waals surface area contributed by atoms with Crippen LogP contribution < -0.4 is 0 Å². The Balaban J connectivity index is 1.79. The zero-order valence-corrected chi connectivity index (χ0v) is 6.70. The van der Waals surface area contributed by atoms with Crippen molar-refractivity contribution >= 4 is 0 Å². The Morgan fingerprint density at radius 2 is 2.27 bits per heavy atom. The van der Waals surface area contributed by atoms with Crippen molar-refractivity contribution in [2.45, 2.75) is 12.5 Å². The average Bonchev–Trinajstić information content (AvgIpc) is 2.32. The zero-order chi connectivity index (χ0) is 7.68. The first kappa shape index (κ1) is 7.53. The van der Waals surface area contributed by atoms with Crippen molar-refractivity contribution in [2.75, 3.05) is 32.9 Å². The fourth-order valence-electron chi connectivity index (χ4n) is 1.78. The third kappa shape index (κ3) is 1.41. The second-order valence-corrected chi connectivity index (χ2v) is 3.52. The molecule has 2 saturated heterocycles. The fourth-order valence-corrected chi connectivity index (χ4v) is 1.78. The minimum absolute atomic E-state index is 0.351. The summed E-state index contributed by atoms with van der Waals surface area (Å²) in [6.45, 7) is 4.38. The van der Waals surface area contributed by atoms with Crippen LogP contribution in [-0.4, -0.2) is 49.0 Å². The second kappa shape index (κ2) is 3.09. The van der Waals surface area contributed by atoms with E-state index in [0.29, 0.717) is 18.6 Å². The monoisotopic (exact) mass is 157 g/mol. The van der Waals surface area contributed by atoms with E-state index in [0.717, 1.165) is 32.7 Å². The molecule has 0 spiro atoms. The molecule has 2 aliphatic heterocycles. The molecule has 0 saturated carbocycles. The molecule has 2 heterocycles.